The first-order valence-corrected chi connectivity index (χ1v) is 11.6. The van der Waals surface area contributed by atoms with Crippen LogP contribution in [0.2, 0.25) is 0 Å². The summed E-state index contributed by atoms with van der Waals surface area (Å²) in [6.45, 7) is 4.39. The molecule has 0 radical (unpaired) electrons. The van der Waals surface area contributed by atoms with E-state index in [1.807, 2.05) is 6.07 Å². The van der Waals surface area contributed by atoms with E-state index >= 15 is 0 Å². The number of hydrogen-bond donors (Lipinski definition) is 1. The topological polar surface area (TPSA) is 51.1 Å². The lowest BCUT2D eigenvalue weighted by molar-refractivity contribution is 0.0909. The lowest BCUT2D eigenvalue weighted by Crippen LogP contribution is -2.28. The molecule has 2 aromatic rings. The molecule has 0 atom stereocenters. The molecule has 1 fully saturated rings. The maximum atomic E-state index is 13.1. The molecule has 1 heterocycles. The number of rotatable bonds is 4. The predicted molar refractivity (Wildman–Crippen MR) is 120 cm³/mol. The molecule has 4 nitrogen and oxygen atoms in total. The molecular formula is C26H32N2O2. The van der Waals surface area contributed by atoms with Crippen molar-refractivity contribution in [2.24, 2.45) is 5.41 Å². The van der Waals surface area contributed by atoms with Gasteiger partial charge in [-0.1, -0.05) is 33.1 Å². The average Bonchev–Trinajstić information content (AvgIpc) is 3.27. The Morgan fingerprint density at radius 3 is 2.60 bits per heavy atom. The third-order valence-electron chi connectivity index (χ3n) is 7.27. The molecule has 0 aliphatic heterocycles. The van der Waals surface area contributed by atoms with Gasteiger partial charge in [-0.05, 0) is 67.7 Å². The number of aromatic nitrogens is 1. The molecule has 1 aromatic carbocycles. The van der Waals surface area contributed by atoms with Crippen molar-refractivity contribution in [2.75, 3.05) is 5.32 Å². The van der Waals surface area contributed by atoms with Gasteiger partial charge >= 0.3 is 0 Å². The van der Waals surface area contributed by atoms with E-state index < -0.39 is 0 Å². The van der Waals surface area contributed by atoms with E-state index in [9.17, 15) is 9.59 Å². The van der Waals surface area contributed by atoms with Crippen molar-refractivity contribution < 1.29 is 9.59 Å². The van der Waals surface area contributed by atoms with E-state index in [0.29, 0.717) is 18.2 Å². The average molecular weight is 405 g/mol. The highest BCUT2D eigenvalue weighted by molar-refractivity contribution is 6.01. The zero-order chi connectivity index (χ0) is 20.9. The van der Waals surface area contributed by atoms with Gasteiger partial charge in [0.15, 0.2) is 12.1 Å². The van der Waals surface area contributed by atoms with Gasteiger partial charge in [0.2, 0.25) is 0 Å². The van der Waals surface area contributed by atoms with E-state index in [4.69, 9.17) is 0 Å². The van der Waals surface area contributed by atoms with Crippen molar-refractivity contribution in [3.05, 3.63) is 46.3 Å². The molecule has 1 aromatic heterocycles. The zero-order valence-electron chi connectivity index (χ0n) is 18.2. The van der Waals surface area contributed by atoms with Gasteiger partial charge in [0.1, 0.15) is 0 Å². The number of fused-ring (bicyclic) bond motifs is 3. The number of aldehydes is 1. The highest BCUT2D eigenvalue weighted by Crippen LogP contribution is 2.43. The Balaban J connectivity index is 1.61. The molecule has 5 rings (SSSR count). The van der Waals surface area contributed by atoms with Crippen molar-refractivity contribution >= 4 is 17.8 Å². The van der Waals surface area contributed by atoms with Gasteiger partial charge in [0.05, 0.1) is 0 Å². The van der Waals surface area contributed by atoms with Crippen LogP contribution in [0.4, 0.5) is 5.69 Å². The van der Waals surface area contributed by atoms with Gasteiger partial charge in [0, 0.05) is 46.4 Å². The number of benzene rings is 1. The van der Waals surface area contributed by atoms with E-state index in [-0.39, 0.29) is 5.41 Å². The number of nitrogens with one attached hydrogen (secondary N) is 1. The summed E-state index contributed by atoms with van der Waals surface area (Å²) in [4.78, 5) is 24.8. The van der Waals surface area contributed by atoms with Crippen LogP contribution in [-0.2, 0) is 19.3 Å². The standard InChI is InChI=1S/C26H32N2O2/c1-26(2)14-23-25(24(30)15-26)20-9-6-10-22(20)28(23)19-12-11-17(16-29)21(13-19)27-18-7-4-3-5-8-18/h11-13,16,18,27H,3-10,14-15H2,1-2H3. The largest absolute Gasteiger partial charge is 0.382 e. The summed E-state index contributed by atoms with van der Waals surface area (Å²) in [7, 11) is 0. The highest BCUT2D eigenvalue weighted by Gasteiger charge is 2.38. The van der Waals surface area contributed by atoms with Gasteiger partial charge < -0.3 is 9.88 Å². The molecule has 3 aliphatic carbocycles. The number of Topliss-reactive ketones (excluding diaryl/α,β-unsaturated/α-hetero) is 1. The maximum absolute atomic E-state index is 13.1. The Bertz CT molecular complexity index is 1010. The number of anilines is 1. The van der Waals surface area contributed by atoms with Crippen molar-refractivity contribution in [2.45, 2.75) is 84.1 Å². The summed E-state index contributed by atoms with van der Waals surface area (Å²) < 4.78 is 2.36. The van der Waals surface area contributed by atoms with E-state index in [2.05, 4.69) is 35.9 Å². The lowest BCUT2D eigenvalue weighted by Gasteiger charge is -2.30. The van der Waals surface area contributed by atoms with Crippen LogP contribution in [0.25, 0.3) is 5.69 Å². The number of carbonyl (C=O) groups is 2. The lowest BCUT2D eigenvalue weighted by atomic mass is 9.75. The quantitative estimate of drug-likeness (QED) is 0.667. The second kappa shape index (κ2) is 7.40. The number of hydrogen-bond acceptors (Lipinski definition) is 3. The Hall–Kier alpha value is -2.36. The molecule has 1 N–H and O–H groups in total. The van der Waals surface area contributed by atoms with Crippen LogP contribution in [0.15, 0.2) is 18.2 Å². The first-order chi connectivity index (χ1) is 14.5. The number of nitrogens with zero attached hydrogens (tertiary/aromatic N) is 1. The molecule has 158 valence electrons. The summed E-state index contributed by atoms with van der Waals surface area (Å²) in [6.07, 6.45) is 11.8. The Morgan fingerprint density at radius 2 is 1.83 bits per heavy atom. The van der Waals surface area contributed by atoms with Crippen LogP contribution in [0.1, 0.15) is 96.5 Å². The van der Waals surface area contributed by atoms with Gasteiger partial charge in [-0.25, -0.2) is 0 Å². The van der Waals surface area contributed by atoms with Crippen LogP contribution >= 0.6 is 0 Å². The minimum Gasteiger partial charge on any atom is -0.382 e. The minimum atomic E-state index is -0.0140. The second-order valence-corrected chi connectivity index (χ2v) is 10.2. The molecule has 4 heteroatoms. The normalized spacial score (nSPS) is 20.7. The first kappa shape index (κ1) is 19.6. The summed E-state index contributed by atoms with van der Waals surface area (Å²) in [5.74, 6) is 0.309. The predicted octanol–water partition coefficient (Wildman–Crippen LogP) is 5.68. The summed E-state index contributed by atoms with van der Waals surface area (Å²) in [5, 5.41) is 3.66. The summed E-state index contributed by atoms with van der Waals surface area (Å²) in [6, 6.07) is 6.58. The smallest absolute Gasteiger partial charge is 0.165 e. The molecule has 0 saturated heterocycles. The second-order valence-electron chi connectivity index (χ2n) is 10.2. The molecular weight excluding hydrogens is 372 g/mol. The van der Waals surface area contributed by atoms with E-state index in [1.54, 1.807) is 0 Å². The molecule has 0 spiro atoms. The number of ketones is 1. The molecule has 0 bridgehead atoms. The fourth-order valence-corrected chi connectivity index (χ4v) is 5.92. The number of carbonyl (C=O) groups excluding carboxylic acids is 2. The minimum absolute atomic E-state index is 0.0140. The Kier molecular flexibility index (Phi) is 4.83. The molecule has 0 amide bonds. The van der Waals surface area contributed by atoms with Crippen molar-refractivity contribution in [3.63, 3.8) is 0 Å². The Labute approximate surface area is 179 Å². The Morgan fingerprint density at radius 1 is 1.03 bits per heavy atom. The monoisotopic (exact) mass is 404 g/mol. The van der Waals surface area contributed by atoms with E-state index in [0.717, 1.165) is 54.5 Å². The fraction of sp³-hybridized carbons (Fsp3) is 0.538. The third-order valence-corrected chi connectivity index (χ3v) is 7.27. The summed E-state index contributed by atoms with van der Waals surface area (Å²) in [5.41, 5.74) is 7.51. The first-order valence-electron chi connectivity index (χ1n) is 11.6. The molecule has 3 aliphatic rings. The van der Waals surface area contributed by atoms with E-state index in [1.165, 1.54) is 49.1 Å². The fourth-order valence-electron chi connectivity index (χ4n) is 5.92. The highest BCUT2D eigenvalue weighted by atomic mass is 16.1. The van der Waals surface area contributed by atoms with Gasteiger partial charge in [-0.15, -0.1) is 0 Å². The molecule has 30 heavy (non-hydrogen) atoms. The summed E-state index contributed by atoms with van der Waals surface area (Å²) >= 11 is 0. The van der Waals surface area contributed by atoms with Crippen LogP contribution in [0, 0.1) is 5.41 Å². The zero-order valence-corrected chi connectivity index (χ0v) is 18.2. The van der Waals surface area contributed by atoms with Crippen LogP contribution in [0.5, 0.6) is 0 Å². The third kappa shape index (κ3) is 3.30. The van der Waals surface area contributed by atoms with Gasteiger partial charge in [-0.2, -0.15) is 0 Å². The molecule has 1 saturated carbocycles. The van der Waals surface area contributed by atoms with Crippen LogP contribution in [-0.4, -0.2) is 22.7 Å². The SMILES string of the molecule is CC1(C)CC(=O)c2c3c(n(-c4ccc(C=O)c(NC5CCCCC5)c4)c2C1)CCC3. The van der Waals surface area contributed by atoms with Crippen molar-refractivity contribution in [3.8, 4) is 5.69 Å². The van der Waals surface area contributed by atoms with Crippen molar-refractivity contribution in [1.29, 1.82) is 0 Å². The van der Waals surface area contributed by atoms with Crippen LogP contribution in [0.3, 0.4) is 0 Å². The van der Waals surface area contributed by atoms with Gasteiger partial charge in [0.25, 0.3) is 0 Å². The van der Waals surface area contributed by atoms with Gasteiger partial charge in [-0.3, -0.25) is 9.59 Å². The molecule has 0 unspecified atom stereocenters. The van der Waals surface area contributed by atoms with Crippen molar-refractivity contribution in [1.82, 2.24) is 4.57 Å². The maximum Gasteiger partial charge on any atom is 0.165 e. The van der Waals surface area contributed by atoms with Crippen LogP contribution < -0.4 is 5.32 Å².